The Morgan fingerprint density at radius 3 is 2.68 bits per heavy atom. The summed E-state index contributed by atoms with van der Waals surface area (Å²) >= 11 is 0. The molecule has 0 radical (unpaired) electrons. The first-order chi connectivity index (χ1) is 9.22. The molecule has 0 bridgehead atoms. The Bertz CT molecular complexity index is 514. The Labute approximate surface area is 116 Å². The molecular weight excluding hydrogens is 232 g/mol. The van der Waals surface area contributed by atoms with E-state index in [9.17, 15) is 0 Å². The van der Waals surface area contributed by atoms with E-state index in [0.717, 1.165) is 13.0 Å². The first-order valence-corrected chi connectivity index (χ1v) is 7.27. The van der Waals surface area contributed by atoms with Gasteiger partial charge in [0, 0.05) is 23.8 Å². The largest absolute Gasteiger partial charge is 0.314 e. The van der Waals surface area contributed by atoms with Gasteiger partial charge in [-0.1, -0.05) is 45.0 Å². The van der Waals surface area contributed by atoms with E-state index in [-0.39, 0.29) is 0 Å². The minimum Gasteiger partial charge on any atom is -0.314 e. The molecule has 2 aromatic rings. The number of rotatable bonds is 6. The van der Waals surface area contributed by atoms with E-state index in [2.05, 4.69) is 55.3 Å². The van der Waals surface area contributed by atoms with Crippen LogP contribution in [0.15, 0.2) is 36.7 Å². The van der Waals surface area contributed by atoms with Crippen molar-refractivity contribution in [3.05, 3.63) is 42.2 Å². The molecule has 1 heterocycles. The van der Waals surface area contributed by atoms with Gasteiger partial charge in [0.25, 0.3) is 0 Å². The maximum Gasteiger partial charge on any atom is 0.0346 e. The Hall–Kier alpha value is -1.41. The molecule has 0 spiro atoms. The topological polar surface area (TPSA) is 24.9 Å². The third kappa shape index (κ3) is 3.54. The maximum absolute atomic E-state index is 4.36. The molecule has 1 aromatic heterocycles. The van der Waals surface area contributed by atoms with Gasteiger partial charge in [0.05, 0.1) is 0 Å². The average Bonchev–Trinajstić information content (AvgIpc) is 2.43. The number of benzene rings is 1. The third-order valence-electron chi connectivity index (χ3n) is 3.75. The number of pyridine rings is 1. The maximum atomic E-state index is 4.36. The van der Waals surface area contributed by atoms with E-state index in [1.54, 1.807) is 0 Å². The molecule has 1 atom stereocenters. The van der Waals surface area contributed by atoms with Gasteiger partial charge in [-0.15, -0.1) is 0 Å². The van der Waals surface area contributed by atoms with Crippen molar-refractivity contribution in [2.75, 3.05) is 6.54 Å². The van der Waals surface area contributed by atoms with E-state index in [1.165, 1.54) is 22.8 Å². The molecule has 2 heteroatoms. The summed E-state index contributed by atoms with van der Waals surface area (Å²) < 4.78 is 0. The lowest BCUT2D eigenvalue weighted by atomic mass is 9.95. The summed E-state index contributed by atoms with van der Waals surface area (Å²) in [5.74, 6) is 0.669. The quantitative estimate of drug-likeness (QED) is 0.850. The molecule has 0 aliphatic carbocycles. The van der Waals surface area contributed by atoms with Crippen LogP contribution in [0.2, 0.25) is 0 Å². The molecule has 0 amide bonds. The molecule has 1 N–H and O–H groups in total. The minimum atomic E-state index is 0.587. The number of fused-ring (bicyclic) bond motifs is 1. The second-order valence-electron chi connectivity index (χ2n) is 5.47. The van der Waals surface area contributed by atoms with E-state index in [4.69, 9.17) is 0 Å². The molecule has 2 nitrogen and oxygen atoms in total. The number of hydrogen-bond donors (Lipinski definition) is 1. The summed E-state index contributed by atoms with van der Waals surface area (Å²) in [6, 6.07) is 9.10. The zero-order valence-electron chi connectivity index (χ0n) is 12.2. The Balaban J connectivity index is 2.13. The van der Waals surface area contributed by atoms with Crippen LogP contribution >= 0.6 is 0 Å². The molecular formula is C17H24N2. The molecule has 1 unspecified atom stereocenters. The Morgan fingerprint density at radius 1 is 1.16 bits per heavy atom. The van der Waals surface area contributed by atoms with Gasteiger partial charge in [0.2, 0.25) is 0 Å². The average molecular weight is 256 g/mol. The first-order valence-electron chi connectivity index (χ1n) is 7.27. The van der Waals surface area contributed by atoms with Crippen LogP contribution in [0, 0.1) is 5.92 Å². The van der Waals surface area contributed by atoms with Crippen molar-refractivity contribution in [2.45, 2.75) is 39.7 Å². The lowest BCUT2D eigenvalue weighted by Gasteiger charge is -2.21. The zero-order chi connectivity index (χ0) is 13.7. The number of aryl methyl sites for hydroxylation is 1. The van der Waals surface area contributed by atoms with Crippen molar-refractivity contribution < 1.29 is 0 Å². The van der Waals surface area contributed by atoms with Crippen LogP contribution in [0.5, 0.6) is 0 Å². The van der Waals surface area contributed by atoms with Crippen molar-refractivity contribution in [3.8, 4) is 0 Å². The monoisotopic (exact) mass is 256 g/mol. The smallest absolute Gasteiger partial charge is 0.0346 e. The fourth-order valence-corrected chi connectivity index (χ4v) is 2.62. The van der Waals surface area contributed by atoms with Crippen LogP contribution in [0.25, 0.3) is 10.8 Å². The van der Waals surface area contributed by atoms with Crippen molar-refractivity contribution in [3.63, 3.8) is 0 Å². The summed E-state index contributed by atoms with van der Waals surface area (Å²) in [6.07, 6.45) is 6.22. The first kappa shape index (κ1) is 14.0. The van der Waals surface area contributed by atoms with E-state index >= 15 is 0 Å². The summed E-state index contributed by atoms with van der Waals surface area (Å²) in [4.78, 5) is 4.36. The van der Waals surface area contributed by atoms with Gasteiger partial charge in [-0.05, 0) is 36.3 Å². The van der Waals surface area contributed by atoms with Gasteiger partial charge >= 0.3 is 0 Å². The lowest BCUT2D eigenvalue weighted by molar-refractivity contribution is 0.385. The van der Waals surface area contributed by atoms with Gasteiger partial charge < -0.3 is 5.32 Å². The molecule has 0 aliphatic rings. The third-order valence-corrected chi connectivity index (χ3v) is 3.75. The zero-order valence-corrected chi connectivity index (χ0v) is 12.2. The predicted octanol–water partition coefficient (Wildman–Crippen LogP) is 3.80. The summed E-state index contributed by atoms with van der Waals surface area (Å²) in [7, 11) is 0. The fraction of sp³-hybridized carbons (Fsp3) is 0.471. The van der Waals surface area contributed by atoms with Crippen molar-refractivity contribution in [2.24, 2.45) is 5.92 Å². The molecule has 2 rings (SSSR count). The molecule has 19 heavy (non-hydrogen) atoms. The second-order valence-corrected chi connectivity index (χ2v) is 5.47. The molecule has 0 aliphatic heterocycles. The van der Waals surface area contributed by atoms with Gasteiger partial charge in [-0.25, -0.2) is 0 Å². The highest BCUT2D eigenvalue weighted by Gasteiger charge is 2.12. The summed E-state index contributed by atoms with van der Waals surface area (Å²) in [5, 5.41) is 6.16. The van der Waals surface area contributed by atoms with Crippen LogP contribution in [-0.4, -0.2) is 17.6 Å². The highest BCUT2D eigenvalue weighted by atomic mass is 14.9. The van der Waals surface area contributed by atoms with E-state index in [1.807, 2.05) is 12.4 Å². The van der Waals surface area contributed by atoms with E-state index in [0.29, 0.717) is 12.0 Å². The summed E-state index contributed by atoms with van der Waals surface area (Å²) in [6.45, 7) is 7.79. The van der Waals surface area contributed by atoms with Crippen molar-refractivity contribution in [1.82, 2.24) is 10.3 Å². The molecule has 1 aromatic carbocycles. The highest BCUT2D eigenvalue weighted by Crippen LogP contribution is 2.19. The van der Waals surface area contributed by atoms with E-state index < -0.39 is 0 Å². The standard InChI is InChI=1S/C17H24N2/c1-4-19-17(13(2)3)10-9-15-12-18-11-14-7-5-6-8-16(14)15/h5-8,11-13,17,19H,4,9-10H2,1-3H3. The molecule has 0 saturated carbocycles. The number of hydrogen-bond acceptors (Lipinski definition) is 2. The fourth-order valence-electron chi connectivity index (χ4n) is 2.62. The lowest BCUT2D eigenvalue weighted by Crippen LogP contribution is -2.34. The van der Waals surface area contributed by atoms with Crippen molar-refractivity contribution >= 4 is 10.8 Å². The number of nitrogens with zero attached hydrogens (tertiary/aromatic N) is 1. The summed E-state index contributed by atoms with van der Waals surface area (Å²) in [5.41, 5.74) is 1.36. The van der Waals surface area contributed by atoms with Gasteiger partial charge in [0.15, 0.2) is 0 Å². The van der Waals surface area contributed by atoms with Crippen LogP contribution < -0.4 is 5.32 Å². The predicted molar refractivity (Wildman–Crippen MR) is 82.4 cm³/mol. The SMILES string of the molecule is CCNC(CCc1cncc2ccccc12)C(C)C. The van der Waals surface area contributed by atoms with Crippen LogP contribution in [0.4, 0.5) is 0 Å². The Morgan fingerprint density at radius 2 is 1.95 bits per heavy atom. The highest BCUT2D eigenvalue weighted by molar-refractivity contribution is 5.84. The van der Waals surface area contributed by atoms with Gasteiger partial charge in [-0.3, -0.25) is 4.98 Å². The second kappa shape index (κ2) is 6.67. The molecule has 0 saturated heterocycles. The molecule has 0 fully saturated rings. The van der Waals surface area contributed by atoms with Crippen LogP contribution in [0.3, 0.4) is 0 Å². The van der Waals surface area contributed by atoms with Crippen LogP contribution in [-0.2, 0) is 6.42 Å². The number of nitrogens with one attached hydrogen (secondary N) is 1. The molecule has 102 valence electrons. The van der Waals surface area contributed by atoms with Crippen molar-refractivity contribution in [1.29, 1.82) is 0 Å². The van der Waals surface area contributed by atoms with Gasteiger partial charge in [0.1, 0.15) is 0 Å². The normalized spacial score (nSPS) is 13.1. The number of aromatic nitrogens is 1. The minimum absolute atomic E-state index is 0.587. The van der Waals surface area contributed by atoms with Crippen LogP contribution in [0.1, 0.15) is 32.8 Å². The Kier molecular flexibility index (Phi) is 4.92. The van der Waals surface area contributed by atoms with Gasteiger partial charge in [-0.2, -0.15) is 0 Å².